The first kappa shape index (κ1) is 19.1. The molecule has 146 valence electrons. The highest BCUT2D eigenvalue weighted by Gasteiger charge is 2.37. The van der Waals surface area contributed by atoms with E-state index in [1.807, 2.05) is 0 Å². The van der Waals surface area contributed by atoms with E-state index in [9.17, 15) is 14.4 Å². The van der Waals surface area contributed by atoms with Crippen molar-refractivity contribution in [3.8, 4) is 0 Å². The molecule has 9 nitrogen and oxygen atoms in total. The molecule has 0 bridgehead atoms. The lowest BCUT2D eigenvalue weighted by Crippen LogP contribution is -2.55. The number of likely N-dealkylation sites (tertiary alicyclic amines) is 1. The SMILES string of the molecule is CCOC(=O)N1CCC(NC(=O)[C@H]2OCC(=O)N[C@@H]2c2cccnc2)CC1. The molecule has 2 aliphatic rings. The third-order valence-electron chi connectivity index (χ3n) is 4.68. The van der Waals surface area contributed by atoms with Crippen molar-refractivity contribution < 1.29 is 23.9 Å². The van der Waals surface area contributed by atoms with E-state index in [-0.39, 0.29) is 30.6 Å². The van der Waals surface area contributed by atoms with Gasteiger partial charge in [0.2, 0.25) is 5.91 Å². The maximum Gasteiger partial charge on any atom is 0.409 e. The smallest absolute Gasteiger partial charge is 0.409 e. The molecule has 2 N–H and O–H groups in total. The van der Waals surface area contributed by atoms with Crippen LogP contribution in [0.5, 0.6) is 0 Å². The highest BCUT2D eigenvalue weighted by atomic mass is 16.6. The Bertz CT molecular complexity index is 676. The number of nitrogens with one attached hydrogen (secondary N) is 2. The number of carbonyl (C=O) groups is 3. The number of piperidine rings is 1. The van der Waals surface area contributed by atoms with E-state index in [1.165, 1.54) is 0 Å². The van der Waals surface area contributed by atoms with Crippen LogP contribution in [0.4, 0.5) is 4.79 Å². The molecule has 27 heavy (non-hydrogen) atoms. The summed E-state index contributed by atoms with van der Waals surface area (Å²) >= 11 is 0. The van der Waals surface area contributed by atoms with Gasteiger partial charge in [-0.15, -0.1) is 0 Å². The Morgan fingerprint density at radius 2 is 2.19 bits per heavy atom. The minimum atomic E-state index is -0.824. The van der Waals surface area contributed by atoms with Gasteiger partial charge in [-0.1, -0.05) is 6.07 Å². The van der Waals surface area contributed by atoms with Gasteiger partial charge < -0.3 is 25.0 Å². The van der Waals surface area contributed by atoms with Crippen LogP contribution < -0.4 is 10.6 Å². The standard InChI is InChI=1S/C18H24N4O5/c1-2-26-18(25)22-8-5-13(6-9-22)20-17(24)16-15(21-14(23)11-27-16)12-4-3-7-19-10-12/h3-4,7,10,13,15-16H,2,5-6,8-9,11H2,1H3,(H,20,24)(H,21,23)/t15-,16+/m1/s1. The van der Waals surface area contributed by atoms with Gasteiger partial charge in [0.15, 0.2) is 6.10 Å². The first-order chi connectivity index (χ1) is 13.1. The minimum absolute atomic E-state index is 0.0565. The zero-order chi connectivity index (χ0) is 19.2. The maximum atomic E-state index is 12.8. The summed E-state index contributed by atoms with van der Waals surface area (Å²) in [7, 11) is 0. The molecule has 1 aromatic rings. The van der Waals surface area contributed by atoms with Crippen LogP contribution in [0.15, 0.2) is 24.5 Å². The highest BCUT2D eigenvalue weighted by Crippen LogP contribution is 2.22. The lowest BCUT2D eigenvalue weighted by atomic mass is 9.99. The zero-order valence-electron chi connectivity index (χ0n) is 15.2. The van der Waals surface area contributed by atoms with Crippen molar-refractivity contribution in [1.82, 2.24) is 20.5 Å². The molecule has 0 saturated carbocycles. The number of ether oxygens (including phenoxy) is 2. The largest absolute Gasteiger partial charge is 0.450 e. The first-order valence-corrected chi connectivity index (χ1v) is 9.11. The molecule has 1 aromatic heterocycles. The molecule has 3 heterocycles. The first-order valence-electron chi connectivity index (χ1n) is 9.11. The van der Waals surface area contributed by atoms with Crippen LogP contribution in [0.3, 0.4) is 0 Å². The summed E-state index contributed by atoms with van der Waals surface area (Å²) in [6, 6.07) is 2.90. The molecule has 9 heteroatoms. The molecular formula is C18H24N4O5. The van der Waals surface area contributed by atoms with Crippen LogP contribution in [0.25, 0.3) is 0 Å². The predicted molar refractivity (Wildman–Crippen MR) is 94.6 cm³/mol. The van der Waals surface area contributed by atoms with Gasteiger partial charge >= 0.3 is 6.09 Å². The second-order valence-corrected chi connectivity index (χ2v) is 6.53. The van der Waals surface area contributed by atoms with Gasteiger partial charge in [0.1, 0.15) is 6.61 Å². The number of amides is 3. The summed E-state index contributed by atoms with van der Waals surface area (Å²) in [4.78, 5) is 41.9. The molecule has 2 atom stereocenters. The van der Waals surface area contributed by atoms with Gasteiger partial charge in [-0.05, 0) is 31.4 Å². The fraction of sp³-hybridized carbons (Fsp3) is 0.556. The quantitative estimate of drug-likeness (QED) is 0.786. The lowest BCUT2D eigenvalue weighted by Gasteiger charge is -2.35. The van der Waals surface area contributed by atoms with Gasteiger partial charge in [0.25, 0.3) is 5.91 Å². The topological polar surface area (TPSA) is 110 Å². The Morgan fingerprint density at radius 3 is 2.85 bits per heavy atom. The van der Waals surface area contributed by atoms with Crippen molar-refractivity contribution in [3.63, 3.8) is 0 Å². The van der Waals surface area contributed by atoms with E-state index in [2.05, 4.69) is 15.6 Å². The van der Waals surface area contributed by atoms with Gasteiger partial charge in [0, 0.05) is 31.5 Å². The Labute approximate surface area is 157 Å². The number of carbonyl (C=O) groups excluding carboxylic acids is 3. The Hall–Kier alpha value is -2.68. The molecule has 0 aliphatic carbocycles. The number of pyridine rings is 1. The van der Waals surface area contributed by atoms with E-state index in [0.717, 1.165) is 0 Å². The summed E-state index contributed by atoms with van der Waals surface area (Å²) in [5, 5.41) is 5.78. The van der Waals surface area contributed by atoms with Gasteiger partial charge in [-0.3, -0.25) is 14.6 Å². The molecule has 3 rings (SSSR count). The second kappa shape index (κ2) is 8.81. The predicted octanol–water partition coefficient (Wildman–Crippen LogP) is 0.375. The normalized spacial score (nSPS) is 23.4. The van der Waals surface area contributed by atoms with E-state index in [0.29, 0.717) is 38.1 Å². The highest BCUT2D eigenvalue weighted by molar-refractivity contribution is 5.86. The second-order valence-electron chi connectivity index (χ2n) is 6.53. The van der Waals surface area contributed by atoms with E-state index < -0.39 is 12.1 Å². The zero-order valence-corrected chi connectivity index (χ0v) is 15.2. The average molecular weight is 376 g/mol. The summed E-state index contributed by atoms with van der Waals surface area (Å²) in [6.45, 7) is 3.01. The van der Waals surface area contributed by atoms with Gasteiger partial charge in [0.05, 0.1) is 12.6 Å². The van der Waals surface area contributed by atoms with Crippen LogP contribution in [0.2, 0.25) is 0 Å². The van der Waals surface area contributed by atoms with Crippen LogP contribution in [-0.2, 0) is 19.1 Å². The van der Waals surface area contributed by atoms with E-state index >= 15 is 0 Å². The molecule has 2 fully saturated rings. The molecular weight excluding hydrogens is 352 g/mol. The number of hydrogen-bond acceptors (Lipinski definition) is 6. The molecule has 0 spiro atoms. The van der Waals surface area contributed by atoms with Crippen LogP contribution >= 0.6 is 0 Å². The monoisotopic (exact) mass is 376 g/mol. The number of hydrogen-bond donors (Lipinski definition) is 2. The summed E-state index contributed by atoms with van der Waals surface area (Å²) in [5.74, 6) is -0.547. The third-order valence-corrected chi connectivity index (χ3v) is 4.68. The number of morpholine rings is 1. The van der Waals surface area contributed by atoms with Crippen molar-refractivity contribution in [2.24, 2.45) is 0 Å². The fourth-order valence-electron chi connectivity index (χ4n) is 3.30. The van der Waals surface area contributed by atoms with Crippen molar-refractivity contribution in [3.05, 3.63) is 30.1 Å². The number of rotatable bonds is 4. The molecule has 2 aliphatic heterocycles. The van der Waals surface area contributed by atoms with Gasteiger partial charge in [-0.2, -0.15) is 0 Å². The number of aromatic nitrogens is 1. The van der Waals surface area contributed by atoms with Crippen LogP contribution in [-0.4, -0.2) is 66.2 Å². The van der Waals surface area contributed by atoms with Crippen molar-refractivity contribution >= 4 is 17.9 Å². The van der Waals surface area contributed by atoms with Gasteiger partial charge in [-0.25, -0.2) is 4.79 Å². The average Bonchev–Trinajstić information content (AvgIpc) is 2.69. The van der Waals surface area contributed by atoms with Crippen molar-refractivity contribution in [2.75, 3.05) is 26.3 Å². The maximum absolute atomic E-state index is 12.8. The van der Waals surface area contributed by atoms with Crippen molar-refractivity contribution in [1.29, 1.82) is 0 Å². The summed E-state index contributed by atoms with van der Waals surface area (Å²) < 4.78 is 10.5. The summed E-state index contributed by atoms with van der Waals surface area (Å²) in [6.07, 6.45) is 3.37. The molecule has 3 amide bonds. The molecule has 2 saturated heterocycles. The molecule has 0 unspecified atom stereocenters. The number of nitrogens with zero attached hydrogens (tertiary/aromatic N) is 2. The van der Waals surface area contributed by atoms with Crippen LogP contribution in [0.1, 0.15) is 31.4 Å². The Kier molecular flexibility index (Phi) is 6.23. The minimum Gasteiger partial charge on any atom is -0.450 e. The third kappa shape index (κ3) is 4.73. The molecule has 0 radical (unpaired) electrons. The Balaban J connectivity index is 1.58. The van der Waals surface area contributed by atoms with Crippen LogP contribution in [0, 0.1) is 0 Å². The van der Waals surface area contributed by atoms with E-state index in [4.69, 9.17) is 9.47 Å². The fourth-order valence-corrected chi connectivity index (χ4v) is 3.30. The van der Waals surface area contributed by atoms with E-state index in [1.54, 1.807) is 36.4 Å². The molecule has 0 aromatic carbocycles. The summed E-state index contributed by atoms with van der Waals surface area (Å²) in [5.41, 5.74) is 0.711. The van der Waals surface area contributed by atoms with Crippen molar-refractivity contribution in [2.45, 2.75) is 38.0 Å². The lowest BCUT2D eigenvalue weighted by molar-refractivity contribution is -0.148. The Morgan fingerprint density at radius 1 is 1.41 bits per heavy atom.